The third-order valence-electron chi connectivity index (χ3n) is 5.20. The number of amides is 2. The highest BCUT2D eigenvalue weighted by atomic mass is 16.5. The van der Waals surface area contributed by atoms with Crippen molar-refractivity contribution in [3.05, 3.63) is 70.0 Å². The maximum absolute atomic E-state index is 12.7. The molecular weight excluding hydrogens is 446 g/mol. The van der Waals surface area contributed by atoms with E-state index in [9.17, 15) is 14.4 Å². The van der Waals surface area contributed by atoms with Crippen molar-refractivity contribution in [2.75, 3.05) is 38.7 Å². The molecule has 0 aliphatic carbocycles. The number of pyridine rings is 1. The van der Waals surface area contributed by atoms with Gasteiger partial charge in [0.15, 0.2) is 0 Å². The molecule has 1 saturated heterocycles. The highest BCUT2D eigenvalue weighted by Gasteiger charge is 2.18. The van der Waals surface area contributed by atoms with Gasteiger partial charge in [-0.15, -0.1) is 0 Å². The van der Waals surface area contributed by atoms with Gasteiger partial charge in [-0.3, -0.25) is 14.4 Å². The van der Waals surface area contributed by atoms with Gasteiger partial charge in [-0.2, -0.15) is 0 Å². The van der Waals surface area contributed by atoms with E-state index >= 15 is 0 Å². The average molecular weight is 482 g/mol. The largest absolute Gasteiger partial charge is 0.497 e. The number of carbonyl (C=O) groups excluding carboxylic acids is 2. The first-order valence-corrected chi connectivity index (χ1v) is 12.0. The lowest BCUT2D eigenvalue weighted by Crippen LogP contribution is -2.33. The second kappa shape index (κ2) is 13.9. The van der Waals surface area contributed by atoms with Crippen LogP contribution in [-0.4, -0.2) is 55.1 Å². The number of ether oxygens (including phenoxy) is 2. The summed E-state index contributed by atoms with van der Waals surface area (Å²) in [6, 6.07) is 13.4. The summed E-state index contributed by atoms with van der Waals surface area (Å²) in [6.07, 6.45) is 0.812. The van der Waals surface area contributed by atoms with Gasteiger partial charge in [-0.25, -0.2) is 0 Å². The number of H-pyrrole nitrogens is 1. The molecule has 35 heavy (non-hydrogen) atoms. The number of aromatic amines is 1. The van der Waals surface area contributed by atoms with Crippen LogP contribution in [0.3, 0.4) is 0 Å². The van der Waals surface area contributed by atoms with Crippen molar-refractivity contribution in [3.8, 4) is 5.75 Å². The topological polar surface area (TPSA) is 101 Å². The van der Waals surface area contributed by atoms with E-state index in [4.69, 9.17) is 9.47 Å². The van der Waals surface area contributed by atoms with E-state index in [0.717, 1.165) is 6.42 Å². The molecule has 1 aliphatic heterocycles. The molecule has 2 heterocycles. The zero-order chi connectivity index (χ0) is 25.8. The highest BCUT2D eigenvalue weighted by Crippen LogP contribution is 2.19. The lowest BCUT2D eigenvalue weighted by Gasteiger charge is -2.19. The molecule has 1 aliphatic rings. The van der Waals surface area contributed by atoms with Gasteiger partial charge in [0.25, 0.3) is 17.4 Å². The molecule has 1 fully saturated rings. The van der Waals surface area contributed by atoms with E-state index in [0.29, 0.717) is 54.2 Å². The first-order chi connectivity index (χ1) is 17.0. The van der Waals surface area contributed by atoms with Crippen LogP contribution in [0.2, 0.25) is 0 Å². The molecule has 0 unspecified atom stereocenters. The van der Waals surface area contributed by atoms with Gasteiger partial charge >= 0.3 is 0 Å². The smallest absolute Gasteiger partial charge is 0.261 e. The average Bonchev–Trinajstić information content (AvgIpc) is 3.20. The third-order valence-corrected chi connectivity index (χ3v) is 5.20. The molecule has 0 spiro atoms. The summed E-state index contributed by atoms with van der Waals surface area (Å²) in [5.74, 6) is 0.0279. The summed E-state index contributed by atoms with van der Waals surface area (Å²) in [6.45, 7) is 10.4. The molecule has 2 aromatic carbocycles. The zero-order valence-corrected chi connectivity index (χ0v) is 21.1. The Labute approximate surface area is 206 Å². The quantitative estimate of drug-likeness (QED) is 0.562. The van der Waals surface area contributed by atoms with Gasteiger partial charge in [0.1, 0.15) is 11.3 Å². The zero-order valence-electron chi connectivity index (χ0n) is 21.1. The number of hydrogen-bond donors (Lipinski definition) is 2. The molecule has 0 radical (unpaired) electrons. The molecule has 3 aromatic rings. The first-order valence-electron chi connectivity index (χ1n) is 12.0. The number of methoxy groups -OCH3 is 1. The normalized spacial score (nSPS) is 12.9. The Balaban J connectivity index is 0.00000103. The van der Waals surface area contributed by atoms with Crippen LogP contribution in [-0.2, 0) is 4.74 Å². The van der Waals surface area contributed by atoms with E-state index in [2.05, 4.69) is 10.3 Å². The maximum Gasteiger partial charge on any atom is 0.261 e. The van der Waals surface area contributed by atoms with Crippen LogP contribution < -0.4 is 15.6 Å². The number of carbonyl (C=O) groups is 2. The summed E-state index contributed by atoms with van der Waals surface area (Å²) < 4.78 is 10.6. The van der Waals surface area contributed by atoms with Crippen LogP contribution in [0.15, 0.2) is 53.3 Å². The Morgan fingerprint density at radius 2 is 1.69 bits per heavy atom. The van der Waals surface area contributed by atoms with E-state index in [-0.39, 0.29) is 11.5 Å². The number of rotatable bonds is 4. The SMILES string of the molecule is CC.CC.COc1ccc2[nH]c(=O)c(C(=O)Nc3ccc(C(=O)N4CCCOCC4)cc3)cc2c1. The number of nitrogens with one attached hydrogen (secondary N) is 2. The van der Waals surface area contributed by atoms with Crippen LogP contribution in [0.1, 0.15) is 54.8 Å². The molecular formula is C27H35N3O5. The van der Waals surface area contributed by atoms with Crippen LogP contribution in [0.5, 0.6) is 5.75 Å². The summed E-state index contributed by atoms with van der Waals surface area (Å²) in [7, 11) is 1.55. The maximum atomic E-state index is 12.7. The van der Waals surface area contributed by atoms with Crippen LogP contribution in [0.25, 0.3) is 10.9 Å². The highest BCUT2D eigenvalue weighted by molar-refractivity contribution is 6.06. The Bertz CT molecular complexity index is 1160. The fourth-order valence-electron chi connectivity index (χ4n) is 3.51. The summed E-state index contributed by atoms with van der Waals surface area (Å²) in [5.41, 5.74) is 1.15. The number of aromatic nitrogens is 1. The Morgan fingerprint density at radius 3 is 2.37 bits per heavy atom. The molecule has 0 atom stereocenters. The molecule has 1 aromatic heterocycles. The Morgan fingerprint density at radius 1 is 0.971 bits per heavy atom. The predicted octanol–water partition coefficient (Wildman–Crippen LogP) is 4.70. The minimum atomic E-state index is -0.533. The van der Waals surface area contributed by atoms with E-state index in [1.807, 2.05) is 27.7 Å². The lowest BCUT2D eigenvalue weighted by molar-refractivity contribution is 0.0741. The molecule has 8 heteroatoms. The van der Waals surface area contributed by atoms with Crippen molar-refractivity contribution in [2.24, 2.45) is 0 Å². The van der Waals surface area contributed by atoms with Gasteiger partial charge in [0.05, 0.1) is 13.7 Å². The van der Waals surface area contributed by atoms with Crippen molar-refractivity contribution in [3.63, 3.8) is 0 Å². The van der Waals surface area contributed by atoms with Crippen molar-refractivity contribution >= 4 is 28.4 Å². The van der Waals surface area contributed by atoms with Gasteiger partial charge in [0, 0.05) is 41.9 Å². The fraction of sp³-hybridized carbons (Fsp3) is 0.370. The molecule has 2 N–H and O–H groups in total. The molecule has 188 valence electrons. The third kappa shape index (κ3) is 7.16. The second-order valence-electron chi connectivity index (χ2n) is 7.25. The van der Waals surface area contributed by atoms with E-state index < -0.39 is 11.5 Å². The van der Waals surface area contributed by atoms with Gasteiger partial charge in [-0.05, 0) is 55.0 Å². The van der Waals surface area contributed by atoms with Crippen LogP contribution >= 0.6 is 0 Å². The fourth-order valence-corrected chi connectivity index (χ4v) is 3.51. The second-order valence-corrected chi connectivity index (χ2v) is 7.25. The van der Waals surface area contributed by atoms with Crippen molar-refractivity contribution in [2.45, 2.75) is 34.1 Å². The summed E-state index contributed by atoms with van der Waals surface area (Å²) in [4.78, 5) is 42.2. The molecule has 8 nitrogen and oxygen atoms in total. The Hall–Kier alpha value is -3.65. The van der Waals surface area contributed by atoms with Gasteiger partial charge in [0.2, 0.25) is 0 Å². The monoisotopic (exact) mass is 481 g/mol. The van der Waals surface area contributed by atoms with E-state index in [1.165, 1.54) is 6.07 Å². The summed E-state index contributed by atoms with van der Waals surface area (Å²) in [5, 5.41) is 3.40. The number of nitrogens with zero attached hydrogens (tertiary/aromatic N) is 1. The van der Waals surface area contributed by atoms with Crippen LogP contribution in [0.4, 0.5) is 5.69 Å². The minimum absolute atomic E-state index is 0.00882. The molecule has 0 saturated carbocycles. The standard InChI is InChI=1S/C23H23N3O5.2C2H6/c1-30-18-7-8-20-16(13-18)14-19(22(28)25-20)21(27)24-17-5-3-15(4-6-17)23(29)26-9-2-11-31-12-10-26;2*1-2/h3-8,13-14H,2,9-12H2,1H3,(H,24,27)(H,25,28);2*1-2H3. The van der Waals surface area contributed by atoms with Crippen LogP contribution in [0, 0.1) is 0 Å². The first kappa shape index (κ1) is 27.6. The minimum Gasteiger partial charge on any atom is -0.497 e. The number of anilines is 1. The predicted molar refractivity (Wildman–Crippen MR) is 140 cm³/mol. The number of hydrogen-bond acceptors (Lipinski definition) is 5. The van der Waals surface area contributed by atoms with Gasteiger partial charge < -0.3 is 24.7 Å². The number of benzene rings is 2. The van der Waals surface area contributed by atoms with Crippen molar-refractivity contribution < 1.29 is 19.1 Å². The molecule has 4 rings (SSSR count). The molecule has 2 amide bonds. The molecule has 0 bridgehead atoms. The lowest BCUT2D eigenvalue weighted by atomic mass is 10.1. The van der Waals surface area contributed by atoms with Gasteiger partial charge in [-0.1, -0.05) is 27.7 Å². The Kier molecular flexibility index (Phi) is 11.0. The van der Waals surface area contributed by atoms with Crippen molar-refractivity contribution in [1.29, 1.82) is 0 Å². The van der Waals surface area contributed by atoms with Crippen molar-refractivity contribution in [1.82, 2.24) is 9.88 Å². The summed E-state index contributed by atoms with van der Waals surface area (Å²) >= 11 is 0. The van der Waals surface area contributed by atoms with E-state index in [1.54, 1.807) is 54.5 Å². The number of fused-ring (bicyclic) bond motifs is 1.